The maximum atomic E-state index is 11.4. The van der Waals surface area contributed by atoms with Crippen molar-refractivity contribution in [2.75, 3.05) is 0 Å². The smallest absolute Gasteiger partial charge is 0.323 e. The van der Waals surface area contributed by atoms with Crippen molar-refractivity contribution in [3.63, 3.8) is 0 Å². The molecule has 74 valence electrons. The van der Waals surface area contributed by atoms with Gasteiger partial charge in [0.05, 0.1) is 5.54 Å². The van der Waals surface area contributed by atoms with Gasteiger partial charge in [-0.1, -0.05) is 5.92 Å². The third kappa shape index (κ3) is 2.26. The number of aromatic amines is 2. The van der Waals surface area contributed by atoms with Crippen molar-refractivity contribution in [1.82, 2.24) is 15.3 Å². The molecule has 3 N–H and O–H groups in total. The van der Waals surface area contributed by atoms with Gasteiger partial charge in [-0.05, 0) is 13.8 Å². The Kier molecular flexibility index (Phi) is 2.47. The minimum atomic E-state index is -0.731. The minimum absolute atomic E-state index is 0.165. The van der Waals surface area contributed by atoms with Gasteiger partial charge in [0.15, 0.2) is 0 Å². The second-order valence-corrected chi connectivity index (χ2v) is 3.38. The summed E-state index contributed by atoms with van der Waals surface area (Å²) >= 11 is 0. The van der Waals surface area contributed by atoms with Crippen molar-refractivity contribution in [1.29, 1.82) is 0 Å². The number of amides is 1. The molecule has 0 spiro atoms. The van der Waals surface area contributed by atoms with Gasteiger partial charge in [0.1, 0.15) is 5.69 Å². The number of H-pyrrole nitrogens is 2. The van der Waals surface area contributed by atoms with Crippen LogP contribution in [0.3, 0.4) is 0 Å². The fourth-order valence-electron chi connectivity index (χ4n) is 0.842. The first-order valence-corrected chi connectivity index (χ1v) is 4.02. The quantitative estimate of drug-likeness (QED) is 0.571. The Morgan fingerprint density at radius 3 is 2.71 bits per heavy atom. The van der Waals surface area contributed by atoms with E-state index in [-0.39, 0.29) is 5.69 Å². The lowest BCUT2D eigenvalue weighted by molar-refractivity contribution is 0.0925. The summed E-state index contributed by atoms with van der Waals surface area (Å²) in [6, 6.07) is 0. The monoisotopic (exact) mass is 193 g/mol. The molecule has 5 nitrogen and oxygen atoms in total. The fourth-order valence-corrected chi connectivity index (χ4v) is 0.842. The van der Waals surface area contributed by atoms with Gasteiger partial charge in [-0.3, -0.25) is 4.79 Å². The Bertz CT molecular complexity index is 433. The van der Waals surface area contributed by atoms with E-state index in [2.05, 4.69) is 21.2 Å². The second kappa shape index (κ2) is 3.42. The van der Waals surface area contributed by atoms with E-state index in [4.69, 9.17) is 6.42 Å². The molecule has 0 unspecified atom stereocenters. The van der Waals surface area contributed by atoms with Gasteiger partial charge < -0.3 is 15.3 Å². The van der Waals surface area contributed by atoms with Gasteiger partial charge in [0.25, 0.3) is 5.91 Å². The Morgan fingerprint density at radius 2 is 2.29 bits per heavy atom. The molecule has 0 aromatic carbocycles. The molecule has 0 saturated carbocycles. The largest absolute Gasteiger partial charge is 0.335 e. The van der Waals surface area contributed by atoms with Gasteiger partial charge >= 0.3 is 5.69 Å². The van der Waals surface area contributed by atoms with Crippen molar-refractivity contribution in [3.8, 4) is 12.3 Å². The number of hydrogen-bond donors (Lipinski definition) is 3. The molecule has 0 fully saturated rings. The minimum Gasteiger partial charge on any atom is -0.335 e. The zero-order valence-electron chi connectivity index (χ0n) is 7.97. The van der Waals surface area contributed by atoms with Crippen molar-refractivity contribution in [2.45, 2.75) is 19.4 Å². The summed E-state index contributed by atoms with van der Waals surface area (Å²) in [6.45, 7) is 3.38. The van der Waals surface area contributed by atoms with Gasteiger partial charge in [0.2, 0.25) is 0 Å². The van der Waals surface area contributed by atoms with Crippen LogP contribution in [0.2, 0.25) is 0 Å². The predicted molar refractivity (Wildman–Crippen MR) is 51.8 cm³/mol. The number of hydrogen-bond acceptors (Lipinski definition) is 2. The van der Waals surface area contributed by atoms with Gasteiger partial charge in [-0.2, -0.15) is 0 Å². The average Bonchev–Trinajstić information content (AvgIpc) is 2.51. The van der Waals surface area contributed by atoms with Crippen LogP contribution in [0.15, 0.2) is 11.0 Å². The van der Waals surface area contributed by atoms with Crippen molar-refractivity contribution < 1.29 is 4.79 Å². The summed E-state index contributed by atoms with van der Waals surface area (Å²) in [5, 5.41) is 2.57. The van der Waals surface area contributed by atoms with Crippen molar-refractivity contribution in [2.24, 2.45) is 0 Å². The van der Waals surface area contributed by atoms with Crippen LogP contribution in [0.4, 0.5) is 0 Å². The Hall–Kier alpha value is -1.96. The number of terminal acetylenes is 1. The Morgan fingerprint density at radius 1 is 1.64 bits per heavy atom. The van der Waals surface area contributed by atoms with Crippen molar-refractivity contribution in [3.05, 3.63) is 22.4 Å². The Balaban J connectivity index is 2.79. The van der Waals surface area contributed by atoms with Gasteiger partial charge in [0, 0.05) is 6.20 Å². The average molecular weight is 193 g/mol. The standard InChI is InChI=1S/C9H11N3O2/c1-4-9(2,3)12-7(13)6-5-10-8(14)11-6/h1,5H,2-3H3,(H,12,13)(H2,10,11,14). The molecule has 0 aliphatic rings. The van der Waals surface area contributed by atoms with Crippen LogP contribution in [0.25, 0.3) is 0 Å². The van der Waals surface area contributed by atoms with Crippen molar-refractivity contribution >= 4 is 5.91 Å². The number of carbonyl (C=O) groups is 1. The normalized spacial score (nSPS) is 10.6. The van der Waals surface area contributed by atoms with Gasteiger partial charge in [-0.25, -0.2) is 4.79 Å². The zero-order chi connectivity index (χ0) is 10.8. The molecule has 1 amide bonds. The first-order chi connectivity index (χ1) is 6.44. The molecule has 0 atom stereocenters. The number of rotatable bonds is 2. The lowest BCUT2D eigenvalue weighted by Gasteiger charge is -2.18. The molecule has 0 saturated heterocycles. The molecule has 1 aromatic rings. The summed E-state index contributed by atoms with van der Waals surface area (Å²) in [5.74, 6) is 2.00. The zero-order valence-corrected chi connectivity index (χ0v) is 7.97. The van der Waals surface area contributed by atoms with E-state index in [9.17, 15) is 9.59 Å². The number of nitrogens with one attached hydrogen (secondary N) is 3. The molecule has 0 radical (unpaired) electrons. The van der Waals surface area contributed by atoms with E-state index in [1.807, 2.05) is 0 Å². The molecule has 1 heterocycles. The van der Waals surface area contributed by atoms with Crippen LogP contribution >= 0.6 is 0 Å². The van der Waals surface area contributed by atoms with E-state index in [0.717, 1.165) is 0 Å². The lowest BCUT2D eigenvalue weighted by atomic mass is 10.1. The molecule has 14 heavy (non-hydrogen) atoms. The summed E-state index contributed by atoms with van der Waals surface area (Å²) in [7, 11) is 0. The third-order valence-corrected chi connectivity index (χ3v) is 1.63. The predicted octanol–water partition coefficient (Wildman–Crippen LogP) is -0.155. The van der Waals surface area contributed by atoms with Gasteiger partial charge in [-0.15, -0.1) is 6.42 Å². The molecule has 1 aromatic heterocycles. The molecule has 0 aliphatic carbocycles. The van der Waals surface area contributed by atoms with Crippen LogP contribution in [0.1, 0.15) is 24.3 Å². The number of carbonyl (C=O) groups excluding carboxylic acids is 1. The van der Waals surface area contributed by atoms with E-state index in [1.165, 1.54) is 6.20 Å². The van der Waals surface area contributed by atoms with E-state index in [0.29, 0.717) is 0 Å². The maximum absolute atomic E-state index is 11.4. The van der Waals surface area contributed by atoms with Crippen LogP contribution < -0.4 is 11.0 Å². The Labute approximate surface area is 80.9 Å². The van der Waals surface area contributed by atoms with Crippen LogP contribution in [-0.2, 0) is 0 Å². The summed E-state index contributed by atoms with van der Waals surface area (Å²) in [6.07, 6.45) is 6.49. The highest BCUT2D eigenvalue weighted by Crippen LogP contribution is 2.00. The maximum Gasteiger partial charge on any atom is 0.323 e. The highest BCUT2D eigenvalue weighted by atomic mass is 16.2. The molecule has 1 rings (SSSR count). The number of imidazole rings is 1. The molecular weight excluding hydrogens is 182 g/mol. The first kappa shape index (κ1) is 10.1. The van der Waals surface area contributed by atoms with Crippen LogP contribution in [0.5, 0.6) is 0 Å². The van der Waals surface area contributed by atoms with E-state index < -0.39 is 17.1 Å². The van der Waals surface area contributed by atoms with E-state index in [1.54, 1.807) is 13.8 Å². The molecule has 0 bridgehead atoms. The fraction of sp³-hybridized carbons (Fsp3) is 0.333. The topological polar surface area (TPSA) is 77.8 Å². The summed E-state index contributed by atoms with van der Waals surface area (Å²) in [5.41, 5.74) is -0.988. The van der Waals surface area contributed by atoms with Crippen LogP contribution in [0, 0.1) is 12.3 Å². The summed E-state index contributed by atoms with van der Waals surface area (Å²) in [4.78, 5) is 26.8. The number of aromatic nitrogens is 2. The highest BCUT2D eigenvalue weighted by Gasteiger charge is 2.18. The third-order valence-electron chi connectivity index (χ3n) is 1.63. The lowest BCUT2D eigenvalue weighted by Crippen LogP contribution is -2.42. The first-order valence-electron chi connectivity index (χ1n) is 4.02. The highest BCUT2D eigenvalue weighted by molar-refractivity contribution is 5.92. The molecule has 0 aliphatic heterocycles. The van der Waals surface area contributed by atoms with Crippen LogP contribution in [-0.4, -0.2) is 21.4 Å². The molecule has 5 heteroatoms. The SMILES string of the molecule is C#CC(C)(C)NC(=O)c1c[nH]c(=O)[nH]1. The second-order valence-electron chi connectivity index (χ2n) is 3.38. The molecular formula is C9H11N3O2. The van der Waals surface area contributed by atoms with E-state index >= 15 is 0 Å². The summed E-state index contributed by atoms with van der Waals surface area (Å²) < 4.78 is 0.